The van der Waals surface area contributed by atoms with Gasteiger partial charge in [0.2, 0.25) is 10.0 Å². The molecule has 0 aliphatic heterocycles. The van der Waals surface area contributed by atoms with E-state index in [1.54, 1.807) is 10.7 Å². The van der Waals surface area contributed by atoms with Crippen LogP contribution in [0.4, 0.5) is 5.69 Å². The van der Waals surface area contributed by atoms with Crippen LogP contribution in [0.3, 0.4) is 0 Å². The molecule has 34 heavy (non-hydrogen) atoms. The van der Waals surface area contributed by atoms with Crippen LogP contribution in [0.5, 0.6) is 0 Å². The lowest BCUT2D eigenvalue weighted by molar-refractivity contribution is 0.0977. The molecule has 2 aromatic carbocycles. The zero-order valence-corrected chi connectivity index (χ0v) is 20.6. The Labute approximate surface area is 199 Å². The van der Waals surface area contributed by atoms with E-state index in [2.05, 4.69) is 18.8 Å². The predicted octanol–water partition coefficient (Wildman–Crippen LogP) is 3.97. The molecule has 0 saturated heterocycles. The van der Waals surface area contributed by atoms with E-state index in [9.17, 15) is 13.2 Å². The molecule has 176 valence electrons. The number of aromatic nitrogens is 3. The Morgan fingerprint density at radius 1 is 1.03 bits per heavy atom. The van der Waals surface area contributed by atoms with Gasteiger partial charge in [-0.2, -0.15) is 5.10 Å². The average molecular weight is 478 g/mol. The second-order valence-corrected chi connectivity index (χ2v) is 10.4. The number of anilines is 1. The number of nitrogens with zero attached hydrogens (tertiary/aromatic N) is 4. The monoisotopic (exact) mass is 477 g/mol. The Hall–Kier alpha value is -3.72. The second kappa shape index (κ2) is 8.90. The number of benzene rings is 2. The largest absolute Gasteiger partial charge is 0.378 e. The summed E-state index contributed by atoms with van der Waals surface area (Å²) in [5.74, 6) is -0.702. The van der Waals surface area contributed by atoms with Crippen LogP contribution in [-0.4, -0.2) is 49.4 Å². The maximum atomic E-state index is 12.8. The predicted molar refractivity (Wildman–Crippen MR) is 135 cm³/mol. The van der Waals surface area contributed by atoms with Crippen molar-refractivity contribution in [3.8, 4) is 16.8 Å². The molecule has 0 bridgehead atoms. The third kappa shape index (κ3) is 4.65. The first-order valence-corrected chi connectivity index (χ1v) is 12.7. The van der Waals surface area contributed by atoms with Crippen molar-refractivity contribution in [2.45, 2.75) is 19.8 Å². The molecule has 0 unspecified atom stereocenters. The Morgan fingerprint density at radius 3 is 2.24 bits per heavy atom. The average Bonchev–Trinajstić information content (AvgIpc) is 3.18. The Balaban J connectivity index is 2.05. The SMILES string of the molecule is CC(C)c1nn(-c2ccccc2)c2nc(C(=O)NS(C)(=O)=O)cc(-c3ccc(N(C)C)cc3)c12. The minimum atomic E-state index is -3.76. The molecule has 8 nitrogen and oxygen atoms in total. The number of fused-ring (bicyclic) bond motifs is 1. The van der Waals surface area contributed by atoms with Crippen molar-refractivity contribution in [2.75, 3.05) is 25.3 Å². The number of amides is 1. The molecule has 2 heterocycles. The minimum absolute atomic E-state index is 0.00278. The van der Waals surface area contributed by atoms with Gasteiger partial charge in [-0.15, -0.1) is 0 Å². The first-order chi connectivity index (χ1) is 16.0. The zero-order valence-electron chi connectivity index (χ0n) is 19.8. The molecule has 2 aromatic heterocycles. The van der Waals surface area contributed by atoms with Crippen molar-refractivity contribution < 1.29 is 13.2 Å². The Bertz CT molecular complexity index is 1460. The highest BCUT2D eigenvalue weighted by atomic mass is 32.2. The van der Waals surface area contributed by atoms with Gasteiger partial charge in [0.15, 0.2) is 5.65 Å². The maximum absolute atomic E-state index is 12.8. The van der Waals surface area contributed by atoms with E-state index in [4.69, 9.17) is 5.10 Å². The zero-order chi connectivity index (χ0) is 24.6. The van der Waals surface area contributed by atoms with Gasteiger partial charge in [0.25, 0.3) is 5.91 Å². The van der Waals surface area contributed by atoms with E-state index >= 15 is 0 Å². The van der Waals surface area contributed by atoms with Gasteiger partial charge in [-0.05, 0) is 47.4 Å². The molecule has 1 amide bonds. The lowest BCUT2D eigenvalue weighted by atomic mass is 9.97. The van der Waals surface area contributed by atoms with Gasteiger partial charge in [0.05, 0.1) is 23.0 Å². The smallest absolute Gasteiger partial charge is 0.283 e. The summed E-state index contributed by atoms with van der Waals surface area (Å²) in [7, 11) is 0.177. The molecule has 0 spiro atoms. The Kier molecular flexibility index (Phi) is 6.14. The normalized spacial score (nSPS) is 11.7. The number of hydrogen-bond donors (Lipinski definition) is 1. The topological polar surface area (TPSA) is 97.2 Å². The van der Waals surface area contributed by atoms with Gasteiger partial charge >= 0.3 is 0 Å². The maximum Gasteiger partial charge on any atom is 0.283 e. The van der Waals surface area contributed by atoms with Gasteiger partial charge in [0, 0.05) is 19.8 Å². The molecule has 0 fully saturated rings. The third-order valence-corrected chi connectivity index (χ3v) is 5.97. The van der Waals surface area contributed by atoms with E-state index in [0.29, 0.717) is 5.65 Å². The van der Waals surface area contributed by atoms with E-state index in [0.717, 1.165) is 39.8 Å². The molecule has 4 rings (SSSR count). The van der Waals surface area contributed by atoms with Gasteiger partial charge in [-0.3, -0.25) is 4.79 Å². The highest BCUT2D eigenvalue weighted by Crippen LogP contribution is 2.36. The number of carbonyl (C=O) groups excluding carboxylic acids is 1. The second-order valence-electron chi connectivity index (χ2n) is 8.69. The Morgan fingerprint density at radius 2 is 1.68 bits per heavy atom. The highest BCUT2D eigenvalue weighted by molar-refractivity contribution is 7.89. The van der Waals surface area contributed by atoms with E-state index in [1.165, 1.54) is 0 Å². The van der Waals surface area contributed by atoms with Crippen LogP contribution >= 0.6 is 0 Å². The van der Waals surface area contributed by atoms with Crippen molar-refractivity contribution >= 4 is 32.7 Å². The number of nitrogens with one attached hydrogen (secondary N) is 1. The lowest BCUT2D eigenvalue weighted by Gasteiger charge is -2.14. The standard InChI is InChI=1S/C25H27N5O3S/c1-16(2)23-22-20(17-11-13-18(14-12-17)29(3)4)15-21(25(31)28-34(5,32)33)26-24(22)30(27-23)19-9-7-6-8-10-19/h6-16H,1-5H3,(H,28,31). The molecule has 0 radical (unpaired) electrons. The van der Waals surface area contributed by atoms with Gasteiger partial charge in [-0.25, -0.2) is 22.8 Å². The van der Waals surface area contributed by atoms with Gasteiger partial charge in [-0.1, -0.05) is 44.2 Å². The fourth-order valence-corrected chi connectivity index (χ4v) is 4.24. The van der Waals surface area contributed by atoms with Crippen molar-refractivity contribution in [3.63, 3.8) is 0 Å². The number of carbonyl (C=O) groups is 1. The number of sulfonamides is 1. The van der Waals surface area contributed by atoms with Gasteiger partial charge in [0.1, 0.15) is 5.69 Å². The molecule has 0 saturated carbocycles. The van der Waals surface area contributed by atoms with Crippen LogP contribution in [0.1, 0.15) is 35.9 Å². The summed E-state index contributed by atoms with van der Waals surface area (Å²) in [4.78, 5) is 19.4. The molecular formula is C25H27N5O3S. The first-order valence-electron chi connectivity index (χ1n) is 10.8. The van der Waals surface area contributed by atoms with Crippen LogP contribution < -0.4 is 9.62 Å². The number of rotatable bonds is 6. The molecule has 1 N–H and O–H groups in total. The van der Waals surface area contributed by atoms with Crippen LogP contribution in [0.15, 0.2) is 60.7 Å². The first kappa shape index (κ1) is 23.4. The van der Waals surface area contributed by atoms with E-state index < -0.39 is 15.9 Å². The number of para-hydroxylation sites is 1. The molecule has 0 atom stereocenters. The van der Waals surface area contributed by atoms with Crippen LogP contribution in [-0.2, 0) is 10.0 Å². The van der Waals surface area contributed by atoms with Crippen LogP contribution in [0.25, 0.3) is 27.8 Å². The number of hydrogen-bond acceptors (Lipinski definition) is 6. The van der Waals surface area contributed by atoms with Crippen molar-refractivity contribution in [3.05, 3.63) is 72.1 Å². The van der Waals surface area contributed by atoms with Crippen molar-refractivity contribution in [2.24, 2.45) is 0 Å². The van der Waals surface area contributed by atoms with Crippen molar-refractivity contribution in [1.82, 2.24) is 19.5 Å². The fraction of sp³-hybridized carbons (Fsp3) is 0.240. The molecule has 4 aromatic rings. The van der Waals surface area contributed by atoms with E-state index in [1.807, 2.05) is 78.3 Å². The summed E-state index contributed by atoms with van der Waals surface area (Å²) in [5.41, 5.74) is 4.79. The summed E-state index contributed by atoms with van der Waals surface area (Å²) < 4.78 is 27.2. The van der Waals surface area contributed by atoms with E-state index in [-0.39, 0.29) is 11.6 Å². The quantitative estimate of drug-likeness (QED) is 0.451. The van der Waals surface area contributed by atoms with Crippen molar-refractivity contribution in [1.29, 1.82) is 0 Å². The highest BCUT2D eigenvalue weighted by Gasteiger charge is 2.24. The van der Waals surface area contributed by atoms with Crippen LogP contribution in [0.2, 0.25) is 0 Å². The summed E-state index contributed by atoms with van der Waals surface area (Å²) >= 11 is 0. The molecule has 0 aliphatic rings. The third-order valence-electron chi connectivity index (χ3n) is 5.42. The molecule has 0 aliphatic carbocycles. The molecule has 9 heteroatoms. The fourth-order valence-electron chi connectivity index (χ4n) is 3.80. The summed E-state index contributed by atoms with van der Waals surface area (Å²) in [6.07, 6.45) is 0.940. The number of pyridine rings is 1. The van der Waals surface area contributed by atoms with Gasteiger partial charge < -0.3 is 4.90 Å². The lowest BCUT2D eigenvalue weighted by Crippen LogP contribution is -2.30. The molecular weight excluding hydrogens is 450 g/mol. The summed E-state index contributed by atoms with van der Waals surface area (Å²) in [5, 5.41) is 5.69. The summed E-state index contributed by atoms with van der Waals surface area (Å²) in [6.45, 7) is 4.11. The van der Waals surface area contributed by atoms with Crippen LogP contribution in [0, 0.1) is 0 Å². The summed E-state index contributed by atoms with van der Waals surface area (Å²) in [6, 6.07) is 19.1. The minimum Gasteiger partial charge on any atom is -0.378 e.